The maximum Gasteiger partial charge on any atom is 0.123 e. The van der Waals surface area contributed by atoms with E-state index in [1.165, 1.54) is 22.3 Å². The van der Waals surface area contributed by atoms with Gasteiger partial charge in [0, 0.05) is 17.4 Å². The van der Waals surface area contributed by atoms with E-state index >= 15 is 0 Å². The van der Waals surface area contributed by atoms with Crippen LogP contribution >= 0.6 is 0 Å². The van der Waals surface area contributed by atoms with E-state index in [9.17, 15) is 0 Å². The minimum Gasteiger partial charge on any atom is -0.490 e. The van der Waals surface area contributed by atoms with Gasteiger partial charge in [-0.15, -0.1) is 0 Å². The number of hydrogen-bond donors (Lipinski definition) is 0. The summed E-state index contributed by atoms with van der Waals surface area (Å²) in [6.07, 6.45) is 12.2. The van der Waals surface area contributed by atoms with Crippen molar-refractivity contribution in [2.45, 2.75) is 5.92 Å². The van der Waals surface area contributed by atoms with Gasteiger partial charge in [0.25, 0.3) is 0 Å². The molecule has 3 nitrogen and oxygen atoms in total. The molecule has 2 unspecified atom stereocenters. The highest BCUT2D eigenvalue weighted by atomic mass is 16.5. The molecule has 1 aliphatic carbocycles. The molecule has 0 radical (unpaired) electrons. The molecular formula is C45H40O3. The van der Waals surface area contributed by atoms with Crippen molar-refractivity contribution in [3.8, 4) is 39.5 Å². The summed E-state index contributed by atoms with van der Waals surface area (Å²) in [5, 5.41) is 0. The van der Waals surface area contributed by atoms with Crippen molar-refractivity contribution >= 4 is 5.57 Å². The predicted molar refractivity (Wildman–Crippen MR) is 200 cm³/mol. The maximum absolute atomic E-state index is 6.34. The number of allylic oxidation sites excluding steroid dienone is 4. The third-order valence-electron chi connectivity index (χ3n) is 8.44. The molecular weight excluding hydrogens is 588 g/mol. The smallest absolute Gasteiger partial charge is 0.123 e. The van der Waals surface area contributed by atoms with E-state index in [-0.39, 0.29) is 11.8 Å². The minimum atomic E-state index is -0.00580. The molecule has 0 saturated carbocycles. The summed E-state index contributed by atoms with van der Waals surface area (Å²) >= 11 is 0. The van der Waals surface area contributed by atoms with E-state index < -0.39 is 0 Å². The second-order valence-corrected chi connectivity index (χ2v) is 11.6. The number of hydrogen-bond acceptors (Lipinski definition) is 3. The molecule has 0 aromatic heterocycles. The van der Waals surface area contributed by atoms with Crippen LogP contribution in [0.2, 0.25) is 0 Å². The van der Waals surface area contributed by atoms with Gasteiger partial charge >= 0.3 is 0 Å². The zero-order valence-corrected chi connectivity index (χ0v) is 27.1. The van der Waals surface area contributed by atoms with Crippen LogP contribution in [-0.2, 0) is 0 Å². The lowest BCUT2D eigenvalue weighted by Gasteiger charge is -2.26. The summed E-state index contributed by atoms with van der Waals surface area (Å²) in [5.41, 5.74) is 9.26. The second kappa shape index (κ2) is 15.7. The van der Waals surface area contributed by atoms with E-state index in [4.69, 9.17) is 14.2 Å². The van der Waals surface area contributed by atoms with Crippen LogP contribution in [0.1, 0.15) is 22.6 Å². The average Bonchev–Trinajstić information content (AvgIpc) is 3.63. The lowest BCUT2D eigenvalue weighted by Crippen LogP contribution is -2.12. The van der Waals surface area contributed by atoms with Crippen LogP contribution in [0.4, 0.5) is 0 Å². The number of rotatable bonds is 15. The Labute approximate surface area is 284 Å². The Morgan fingerprint density at radius 3 is 1.69 bits per heavy atom. The SMILES string of the molecule is C=CCOc1ccc(C2=CC(C(c3ccc(-c4ccccc4)cc3)c3cc(-c4ccc(OCC=C)cc4)ccc3OCC=C)C=C2)cc1. The first-order valence-electron chi connectivity index (χ1n) is 16.3. The van der Waals surface area contributed by atoms with Crippen LogP contribution in [0.5, 0.6) is 17.2 Å². The molecule has 1 aliphatic rings. The second-order valence-electron chi connectivity index (χ2n) is 11.6. The van der Waals surface area contributed by atoms with Crippen LogP contribution in [0, 0.1) is 5.92 Å². The molecule has 238 valence electrons. The van der Waals surface area contributed by atoms with Crippen molar-refractivity contribution in [1.29, 1.82) is 0 Å². The van der Waals surface area contributed by atoms with Crippen LogP contribution in [-0.4, -0.2) is 19.8 Å². The van der Waals surface area contributed by atoms with Crippen molar-refractivity contribution < 1.29 is 14.2 Å². The van der Waals surface area contributed by atoms with Crippen molar-refractivity contribution in [2.24, 2.45) is 5.92 Å². The topological polar surface area (TPSA) is 27.7 Å². The molecule has 0 amide bonds. The number of benzene rings is 5. The monoisotopic (exact) mass is 628 g/mol. The third-order valence-corrected chi connectivity index (χ3v) is 8.44. The average molecular weight is 629 g/mol. The minimum absolute atomic E-state index is 0.00580. The zero-order chi connectivity index (χ0) is 33.1. The third kappa shape index (κ3) is 7.59. The normalized spacial score (nSPS) is 14.1. The standard InChI is InChI=1S/C45H40O3/c1-4-28-46-41-23-18-35(19-24-41)38-16-17-40(31-38)45(37-14-12-34(13-15-37)33-10-8-7-9-11-33)43-32-39(22-27-44(43)48-30-6-3)36-20-25-42(26-21-36)47-29-5-2/h4-27,31-32,40,45H,1-3,28-30H2. The van der Waals surface area contributed by atoms with E-state index in [2.05, 4.69) is 129 Å². The van der Waals surface area contributed by atoms with E-state index in [1.54, 1.807) is 18.2 Å². The first-order valence-corrected chi connectivity index (χ1v) is 16.3. The molecule has 48 heavy (non-hydrogen) atoms. The maximum atomic E-state index is 6.34. The lowest BCUT2D eigenvalue weighted by atomic mass is 9.79. The van der Waals surface area contributed by atoms with Crippen molar-refractivity contribution in [2.75, 3.05) is 19.8 Å². The molecule has 0 saturated heterocycles. The predicted octanol–water partition coefficient (Wildman–Crippen LogP) is 11.1. The fourth-order valence-corrected chi connectivity index (χ4v) is 6.10. The molecule has 0 heterocycles. The molecule has 2 atom stereocenters. The summed E-state index contributed by atoms with van der Waals surface area (Å²) in [4.78, 5) is 0. The van der Waals surface area contributed by atoms with Crippen LogP contribution < -0.4 is 14.2 Å². The Hall–Kier alpha value is -5.80. The molecule has 0 bridgehead atoms. The van der Waals surface area contributed by atoms with Crippen LogP contribution in [0.25, 0.3) is 27.8 Å². The van der Waals surface area contributed by atoms with Crippen molar-refractivity contribution in [3.63, 3.8) is 0 Å². The van der Waals surface area contributed by atoms with Gasteiger partial charge in [-0.1, -0.05) is 141 Å². The Bertz CT molecular complexity index is 1900. The highest BCUT2D eigenvalue weighted by molar-refractivity contribution is 5.78. The van der Waals surface area contributed by atoms with Gasteiger partial charge in [-0.05, 0) is 75.4 Å². The molecule has 0 fully saturated rings. The first-order chi connectivity index (χ1) is 23.7. The highest BCUT2D eigenvalue weighted by Gasteiger charge is 2.28. The molecule has 5 aromatic rings. The Morgan fingerprint density at radius 2 is 1.06 bits per heavy atom. The molecule has 3 heteroatoms. The van der Waals surface area contributed by atoms with E-state index in [1.807, 2.05) is 30.3 Å². The molecule has 0 N–H and O–H groups in total. The summed E-state index contributed by atoms with van der Waals surface area (Å²) in [5.74, 6) is 2.58. The fraction of sp³-hybridized carbons (Fsp3) is 0.111. The number of ether oxygens (including phenoxy) is 3. The van der Waals surface area contributed by atoms with Crippen LogP contribution in [0.3, 0.4) is 0 Å². The first kappa shape index (κ1) is 32.2. The van der Waals surface area contributed by atoms with Gasteiger partial charge in [0.1, 0.15) is 37.1 Å². The lowest BCUT2D eigenvalue weighted by molar-refractivity contribution is 0.356. The largest absolute Gasteiger partial charge is 0.490 e. The van der Waals surface area contributed by atoms with E-state index in [0.29, 0.717) is 19.8 Å². The quantitative estimate of drug-likeness (QED) is 0.108. The zero-order valence-electron chi connectivity index (χ0n) is 27.1. The Kier molecular flexibility index (Phi) is 10.5. The molecule has 6 rings (SSSR count). The molecule has 0 spiro atoms. The molecule has 5 aromatic carbocycles. The Morgan fingerprint density at radius 1 is 0.542 bits per heavy atom. The fourth-order valence-electron chi connectivity index (χ4n) is 6.10. The summed E-state index contributed by atoms with van der Waals surface area (Å²) < 4.78 is 17.8. The summed E-state index contributed by atoms with van der Waals surface area (Å²) in [6, 6.07) is 42.4. The molecule has 0 aliphatic heterocycles. The van der Waals surface area contributed by atoms with Crippen molar-refractivity contribution in [3.05, 3.63) is 194 Å². The Balaban J connectivity index is 1.41. The van der Waals surface area contributed by atoms with Gasteiger partial charge in [-0.25, -0.2) is 0 Å². The van der Waals surface area contributed by atoms with Gasteiger partial charge in [0.15, 0.2) is 0 Å². The van der Waals surface area contributed by atoms with Gasteiger partial charge < -0.3 is 14.2 Å². The van der Waals surface area contributed by atoms with Crippen LogP contribution in [0.15, 0.2) is 178 Å². The van der Waals surface area contributed by atoms with Gasteiger partial charge in [-0.2, -0.15) is 0 Å². The van der Waals surface area contributed by atoms with Gasteiger partial charge in [0.05, 0.1) is 0 Å². The summed E-state index contributed by atoms with van der Waals surface area (Å²) in [6.45, 7) is 12.8. The van der Waals surface area contributed by atoms with Gasteiger partial charge in [0.2, 0.25) is 0 Å². The summed E-state index contributed by atoms with van der Waals surface area (Å²) in [7, 11) is 0. The van der Waals surface area contributed by atoms with Gasteiger partial charge in [-0.3, -0.25) is 0 Å². The van der Waals surface area contributed by atoms with Crippen molar-refractivity contribution in [1.82, 2.24) is 0 Å². The highest BCUT2D eigenvalue weighted by Crippen LogP contribution is 2.44. The van der Waals surface area contributed by atoms with E-state index in [0.717, 1.165) is 39.5 Å².